The maximum Gasteiger partial charge on any atom is 0.170 e. The second kappa shape index (κ2) is 7.45. The fourth-order valence-electron chi connectivity index (χ4n) is 1.51. The van der Waals surface area contributed by atoms with Gasteiger partial charge in [0.2, 0.25) is 0 Å². The van der Waals surface area contributed by atoms with E-state index in [1.807, 2.05) is 12.3 Å². The zero-order valence-electron chi connectivity index (χ0n) is 11.2. The van der Waals surface area contributed by atoms with Gasteiger partial charge in [-0.3, -0.25) is 4.98 Å². The number of aryl methyl sites for hydroxylation is 1. The van der Waals surface area contributed by atoms with Crippen molar-refractivity contribution in [3.63, 3.8) is 0 Å². The van der Waals surface area contributed by atoms with Gasteiger partial charge in [-0.25, -0.2) is 4.98 Å². The highest BCUT2D eigenvalue weighted by atomic mass is 32.2. The molecule has 0 aromatic carbocycles. The van der Waals surface area contributed by atoms with Gasteiger partial charge >= 0.3 is 0 Å². The highest BCUT2D eigenvalue weighted by Crippen LogP contribution is 2.24. The molecule has 4 nitrogen and oxygen atoms in total. The molecule has 0 radical (unpaired) electrons. The van der Waals surface area contributed by atoms with Crippen LogP contribution in [0.15, 0.2) is 22.7 Å². The molecule has 0 saturated heterocycles. The third kappa shape index (κ3) is 4.47. The quantitative estimate of drug-likeness (QED) is 0.791. The van der Waals surface area contributed by atoms with Crippen LogP contribution in [0, 0.1) is 0 Å². The van der Waals surface area contributed by atoms with Crippen LogP contribution in [0.2, 0.25) is 0 Å². The number of nitrogens with zero attached hydrogens (tertiary/aromatic N) is 3. The number of hydrogen-bond donors (Lipinski definition) is 1. The van der Waals surface area contributed by atoms with Gasteiger partial charge in [0.05, 0.1) is 5.69 Å². The Morgan fingerprint density at radius 2 is 2.26 bits per heavy atom. The summed E-state index contributed by atoms with van der Waals surface area (Å²) in [6.45, 7) is 5.22. The Balaban J connectivity index is 1.91. The molecule has 0 fully saturated rings. The Kier molecular flexibility index (Phi) is 5.60. The molecular weight excluding hydrogens is 276 g/mol. The van der Waals surface area contributed by atoms with E-state index in [9.17, 15) is 0 Å². The summed E-state index contributed by atoms with van der Waals surface area (Å²) in [5.74, 6) is 1.76. The van der Waals surface area contributed by atoms with Crippen LogP contribution in [0.25, 0.3) is 0 Å². The van der Waals surface area contributed by atoms with Crippen LogP contribution >= 0.6 is 23.3 Å². The van der Waals surface area contributed by atoms with Gasteiger partial charge in [-0.2, -0.15) is 4.37 Å². The minimum Gasteiger partial charge on any atom is -0.385 e. The van der Waals surface area contributed by atoms with Gasteiger partial charge in [-0.05, 0) is 30.1 Å². The zero-order valence-corrected chi connectivity index (χ0v) is 12.9. The lowest BCUT2D eigenvalue weighted by Gasteiger charge is -2.05. The molecule has 2 aromatic rings. The fraction of sp³-hybridized carbons (Fsp3) is 0.462. The molecule has 102 valence electrons. The second-order valence-corrected chi connectivity index (χ2v) is 6.06. The summed E-state index contributed by atoms with van der Waals surface area (Å²) in [4.78, 5) is 8.83. The maximum atomic E-state index is 4.44. The summed E-state index contributed by atoms with van der Waals surface area (Å²) in [6, 6.07) is 4.11. The van der Waals surface area contributed by atoms with Crippen LogP contribution in [0.3, 0.4) is 0 Å². The molecule has 2 heterocycles. The van der Waals surface area contributed by atoms with E-state index < -0.39 is 0 Å². The monoisotopic (exact) mass is 294 g/mol. The minimum atomic E-state index is 0.833. The van der Waals surface area contributed by atoms with Crippen molar-refractivity contribution in [1.29, 1.82) is 0 Å². The molecule has 0 spiro atoms. The lowest BCUT2D eigenvalue weighted by molar-refractivity contribution is 0.970. The predicted octanol–water partition coefficient (Wildman–Crippen LogP) is 3.61. The summed E-state index contributed by atoms with van der Waals surface area (Å²) >= 11 is 3.17. The third-order valence-corrected chi connectivity index (χ3v) is 4.41. The van der Waals surface area contributed by atoms with Crippen LogP contribution in [-0.4, -0.2) is 20.9 Å². The normalized spacial score (nSPS) is 10.6. The Morgan fingerprint density at radius 1 is 1.37 bits per heavy atom. The maximum absolute atomic E-state index is 4.44. The summed E-state index contributed by atoms with van der Waals surface area (Å²) in [5, 5.41) is 3.37. The topological polar surface area (TPSA) is 50.7 Å². The van der Waals surface area contributed by atoms with Crippen LogP contribution in [0.5, 0.6) is 0 Å². The van der Waals surface area contributed by atoms with E-state index >= 15 is 0 Å². The Labute approximate surface area is 122 Å². The molecule has 0 amide bonds. The van der Waals surface area contributed by atoms with E-state index in [2.05, 4.69) is 39.6 Å². The van der Waals surface area contributed by atoms with E-state index in [-0.39, 0.29) is 0 Å². The molecule has 2 aromatic heterocycles. The third-order valence-electron chi connectivity index (χ3n) is 2.50. The van der Waals surface area contributed by atoms with E-state index in [0.717, 1.165) is 46.7 Å². The highest BCUT2D eigenvalue weighted by molar-refractivity contribution is 8.00. The Bertz CT molecular complexity index is 513. The Hall–Kier alpha value is -1.14. The molecule has 0 aliphatic rings. The van der Waals surface area contributed by atoms with Crippen LogP contribution < -0.4 is 5.32 Å². The molecule has 1 N–H and O–H groups in total. The van der Waals surface area contributed by atoms with Crippen molar-refractivity contribution in [3.8, 4) is 0 Å². The summed E-state index contributed by atoms with van der Waals surface area (Å²) in [7, 11) is 0. The molecule has 2 rings (SSSR count). The van der Waals surface area contributed by atoms with E-state index in [0.29, 0.717) is 0 Å². The number of anilines is 1. The van der Waals surface area contributed by atoms with E-state index in [1.54, 1.807) is 11.8 Å². The van der Waals surface area contributed by atoms with Crippen LogP contribution in [0.1, 0.15) is 31.8 Å². The molecule has 6 heteroatoms. The van der Waals surface area contributed by atoms with Crippen molar-refractivity contribution < 1.29 is 0 Å². The summed E-state index contributed by atoms with van der Waals surface area (Å²) < 4.78 is 5.30. The van der Waals surface area contributed by atoms with Crippen molar-refractivity contribution in [2.45, 2.75) is 36.8 Å². The summed E-state index contributed by atoms with van der Waals surface area (Å²) in [5.41, 5.74) is 2.21. The lowest BCUT2D eigenvalue weighted by atomic mass is 10.3. The van der Waals surface area contributed by atoms with Gasteiger partial charge in [0.1, 0.15) is 5.82 Å². The number of hydrogen-bond acceptors (Lipinski definition) is 6. The van der Waals surface area contributed by atoms with Crippen molar-refractivity contribution in [3.05, 3.63) is 29.8 Å². The smallest absolute Gasteiger partial charge is 0.170 e. The number of thioether (sulfide) groups is 1. The van der Waals surface area contributed by atoms with Gasteiger partial charge in [0, 0.05) is 30.6 Å². The van der Waals surface area contributed by atoms with Crippen molar-refractivity contribution in [2.24, 2.45) is 0 Å². The van der Waals surface area contributed by atoms with Gasteiger partial charge in [0.25, 0.3) is 0 Å². The average Bonchev–Trinajstić information content (AvgIpc) is 2.91. The Morgan fingerprint density at radius 3 is 3.00 bits per heavy atom. The van der Waals surface area contributed by atoms with Crippen molar-refractivity contribution in [1.82, 2.24) is 14.3 Å². The first-order valence-electron chi connectivity index (χ1n) is 6.46. The standard InChI is InChI=1S/C13H18N4S2/c1-3-6-14-10-5-7-15-11(8-10)9-18-13-16-12(4-2)17-19-13/h5,7-8H,3-4,6,9H2,1-2H3,(H,14,15). The zero-order chi connectivity index (χ0) is 13.5. The van der Waals surface area contributed by atoms with Crippen molar-refractivity contribution in [2.75, 3.05) is 11.9 Å². The number of rotatable bonds is 7. The average molecular weight is 294 g/mol. The van der Waals surface area contributed by atoms with Crippen molar-refractivity contribution >= 4 is 29.0 Å². The SMILES string of the molecule is CCCNc1ccnc(CSc2nc(CC)ns2)c1. The lowest BCUT2D eigenvalue weighted by Crippen LogP contribution is -2.00. The predicted molar refractivity (Wildman–Crippen MR) is 81.9 cm³/mol. The van der Waals surface area contributed by atoms with Gasteiger partial charge in [0.15, 0.2) is 4.34 Å². The molecule has 0 bridgehead atoms. The minimum absolute atomic E-state index is 0.833. The second-order valence-electron chi connectivity index (χ2n) is 4.08. The van der Waals surface area contributed by atoms with Crippen LogP contribution in [-0.2, 0) is 12.2 Å². The number of pyridine rings is 1. The van der Waals surface area contributed by atoms with Gasteiger partial charge in [-0.1, -0.05) is 25.6 Å². The molecule has 0 saturated carbocycles. The highest BCUT2D eigenvalue weighted by Gasteiger charge is 2.04. The molecule has 0 aliphatic heterocycles. The van der Waals surface area contributed by atoms with Crippen LogP contribution in [0.4, 0.5) is 5.69 Å². The number of aromatic nitrogens is 3. The fourth-order valence-corrected chi connectivity index (χ4v) is 3.11. The molecule has 0 atom stereocenters. The van der Waals surface area contributed by atoms with E-state index in [1.165, 1.54) is 11.5 Å². The first-order chi connectivity index (χ1) is 9.31. The first kappa shape index (κ1) is 14.3. The number of nitrogens with one attached hydrogen (secondary N) is 1. The summed E-state index contributed by atoms with van der Waals surface area (Å²) in [6.07, 6.45) is 3.87. The van der Waals surface area contributed by atoms with E-state index in [4.69, 9.17) is 0 Å². The molecular formula is C13H18N4S2. The molecule has 0 unspecified atom stereocenters. The largest absolute Gasteiger partial charge is 0.385 e. The molecule has 0 aliphatic carbocycles. The molecule has 19 heavy (non-hydrogen) atoms. The first-order valence-corrected chi connectivity index (χ1v) is 8.22. The van der Waals surface area contributed by atoms with Gasteiger partial charge in [-0.15, -0.1) is 0 Å². The van der Waals surface area contributed by atoms with Gasteiger partial charge < -0.3 is 5.32 Å².